The van der Waals surface area contributed by atoms with E-state index in [1.165, 1.54) is 16.8 Å². The number of benzene rings is 2. The summed E-state index contributed by atoms with van der Waals surface area (Å²) < 4.78 is 0. The van der Waals surface area contributed by atoms with Gasteiger partial charge in [-0.1, -0.05) is 66.4 Å². The Morgan fingerprint density at radius 3 is 2.50 bits per heavy atom. The van der Waals surface area contributed by atoms with E-state index in [9.17, 15) is 4.79 Å². The molecule has 3 aromatic rings. The van der Waals surface area contributed by atoms with E-state index in [4.69, 9.17) is 0 Å². The van der Waals surface area contributed by atoms with Crippen molar-refractivity contribution in [2.24, 2.45) is 0 Å². The lowest BCUT2D eigenvalue weighted by Gasteiger charge is -2.36. The van der Waals surface area contributed by atoms with Crippen LogP contribution in [0.1, 0.15) is 12.5 Å². The molecule has 34 heavy (non-hydrogen) atoms. The minimum Gasteiger partial charge on any atom is -0.368 e. The van der Waals surface area contributed by atoms with Gasteiger partial charge in [-0.2, -0.15) is 0 Å². The fourth-order valence-electron chi connectivity index (χ4n) is 4.05. The molecule has 0 spiro atoms. The zero-order valence-corrected chi connectivity index (χ0v) is 19.6. The predicted molar refractivity (Wildman–Crippen MR) is 139 cm³/mol. The number of carbonyl (C=O) groups is 1. The molecule has 1 N–H and O–H groups in total. The number of nitrogens with zero attached hydrogens (tertiary/aromatic N) is 3. The molecule has 1 aliphatic heterocycles. The third kappa shape index (κ3) is 6.34. The predicted octanol–water partition coefficient (Wildman–Crippen LogP) is 4.09. The first-order valence-corrected chi connectivity index (χ1v) is 11.6. The molecule has 4 rings (SSSR count). The van der Waals surface area contributed by atoms with Gasteiger partial charge in [-0.05, 0) is 35.8 Å². The zero-order valence-electron chi connectivity index (χ0n) is 19.6. The smallest absolute Gasteiger partial charge is 0.245 e. The Morgan fingerprint density at radius 1 is 0.971 bits per heavy atom. The van der Waals surface area contributed by atoms with Crippen LogP contribution in [0.25, 0.3) is 16.7 Å². The first-order valence-electron chi connectivity index (χ1n) is 11.6. The largest absolute Gasteiger partial charge is 0.368 e. The second-order valence-corrected chi connectivity index (χ2v) is 8.29. The molecule has 2 heterocycles. The SMILES string of the molecule is C/C(=C\C(=O)NCC#CCN1CCN(c2ccccc2-c2ccccc2)CC1)c1cccnc1. The summed E-state index contributed by atoms with van der Waals surface area (Å²) in [7, 11) is 0. The van der Waals surface area contributed by atoms with Crippen LogP contribution in [0.4, 0.5) is 5.69 Å². The summed E-state index contributed by atoms with van der Waals surface area (Å²) in [5.74, 6) is 6.13. The van der Waals surface area contributed by atoms with Crippen molar-refractivity contribution in [1.29, 1.82) is 0 Å². The number of nitrogens with one attached hydrogen (secondary N) is 1. The molecule has 0 radical (unpaired) electrons. The molecule has 0 saturated carbocycles. The van der Waals surface area contributed by atoms with E-state index >= 15 is 0 Å². The highest BCUT2D eigenvalue weighted by Crippen LogP contribution is 2.31. The summed E-state index contributed by atoms with van der Waals surface area (Å²) in [5.41, 5.74) is 5.63. The van der Waals surface area contributed by atoms with E-state index in [1.54, 1.807) is 18.5 Å². The van der Waals surface area contributed by atoms with Crippen LogP contribution in [0.15, 0.2) is 85.2 Å². The third-order valence-corrected chi connectivity index (χ3v) is 5.94. The second kappa shape index (κ2) is 11.8. The van der Waals surface area contributed by atoms with Gasteiger partial charge in [0.2, 0.25) is 5.91 Å². The molecule has 0 atom stereocenters. The Balaban J connectivity index is 1.23. The number of allylic oxidation sites excluding steroid dienone is 1. The van der Waals surface area contributed by atoms with Crippen molar-refractivity contribution in [3.05, 3.63) is 90.8 Å². The van der Waals surface area contributed by atoms with Crippen LogP contribution in [-0.4, -0.2) is 55.1 Å². The van der Waals surface area contributed by atoms with Crippen molar-refractivity contribution in [3.8, 4) is 23.0 Å². The molecule has 172 valence electrons. The van der Waals surface area contributed by atoms with Gasteiger partial charge in [-0.25, -0.2) is 0 Å². The maximum Gasteiger partial charge on any atom is 0.245 e. The number of rotatable bonds is 6. The molecular weight excluding hydrogens is 420 g/mol. The number of aromatic nitrogens is 1. The molecule has 5 heteroatoms. The van der Waals surface area contributed by atoms with Crippen molar-refractivity contribution in [3.63, 3.8) is 0 Å². The molecule has 1 aliphatic rings. The molecular formula is C29H30N4O. The molecule has 0 unspecified atom stereocenters. The van der Waals surface area contributed by atoms with E-state index in [0.717, 1.165) is 37.3 Å². The van der Waals surface area contributed by atoms with Gasteiger partial charge >= 0.3 is 0 Å². The van der Waals surface area contributed by atoms with Crippen molar-refractivity contribution in [2.75, 3.05) is 44.2 Å². The second-order valence-electron chi connectivity index (χ2n) is 8.29. The summed E-state index contributed by atoms with van der Waals surface area (Å²) in [6.45, 7) is 6.85. The Morgan fingerprint density at radius 2 is 1.74 bits per heavy atom. The lowest BCUT2D eigenvalue weighted by atomic mass is 10.0. The summed E-state index contributed by atoms with van der Waals surface area (Å²) in [4.78, 5) is 21.0. The van der Waals surface area contributed by atoms with E-state index < -0.39 is 0 Å². The first kappa shape index (κ1) is 23.3. The number of para-hydroxylation sites is 1. The third-order valence-electron chi connectivity index (χ3n) is 5.94. The molecule has 2 aromatic carbocycles. The van der Waals surface area contributed by atoms with Crippen LogP contribution in [-0.2, 0) is 4.79 Å². The van der Waals surface area contributed by atoms with Crippen molar-refractivity contribution < 1.29 is 4.79 Å². The van der Waals surface area contributed by atoms with Gasteiger partial charge in [-0.15, -0.1) is 0 Å². The normalized spacial score (nSPS) is 14.3. The minimum absolute atomic E-state index is 0.138. The van der Waals surface area contributed by atoms with Gasteiger partial charge in [0.15, 0.2) is 0 Å². The van der Waals surface area contributed by atoms with Crippen LogP contribution < -0.4 is 10.2 Å². The van der Waals surface area contributed by atoms with Gasteiger partial charge in [0, 0.05) is 55.9 Å². The molecule has 0 aliphatic carbocycles. The highest BCUT2D eigenvalue weighted by molar-refractivity contribution is 5.94. The average Bonchev–Trinajstić information content (AvgIpc) is 2.90. The number of hydrogen-bond acceptors (Lipinski definition) is 4. The Kier molecular flexibility index (Phi) is 8.10. The number of anilines is 1. The fraction of sp³-hybridized carbons (Fsp3) is 0.241. The van der Waals surface area contributed by atoms with Crippen LogP contribution in [0.3, 0.4) is 0 Å². The van der Waals surface area contributed by atoms with Gasteiger partial charge in [0.1, 0.15) is 0 Å². The van der Waals surface area contributed by atoms with E-state index in [1.807, 2.05) is 19.1 Å². The van der Waals surface area contributed by atoms with Crippen LogP contribution in [0.2, 0.25) is 0 Å². The average molecular weight is 451 g/mol. The molecule has 1 fully saturated rings. The standard InChI is InChI=1S/C29H30N4O/c1-24(26-12-9-15-30-23-26)22-29(34)31-16-7-8-17-32-18-20-33(21-19-32)28-14-6-5-13-27(28)25-10-3-2-4-11-25/h2-6,9-15,22-23H,16-21H2,1H3,(H,31,34)/b24-22+. The first-order chi connectivity index (χ1) is 16.7. The maximum absolute atomic E-state index is 12.1. The van der Waals surface area contributed by atoms with Gasteiger partial charge < -0.3 is 10.2 Å². The Bertz CT molecular complexity index is 1170. The zero-order chi connectivity index (χ0) is 23.6. The molecule has 1 saturated heterocycles. The van der Waals surface area contributed by atoms with Crippen molar-refractivity contribution in [1.82, 2.24) is 15.2 Å². The van der Waals surface area contributed by atoms with Gasteiger partial charge in [-0.3, -0.25) is 14.7 Å². The van der Waals surface area contributed by atoms with Crippen LogP contribution in [0.5, 0.6) is 0 Å². The minimum atomic E-state index is -0.138. The topological polar surface area (TPSA) is 48.5 Å². The number of pyridine rings is 1. The lowest BCUT2D eigenvalue weighted by Crippen LogP contribution is -2.46. The summed E-state index contributed by atoms with van der Waals surface area (Å²) in [5, 5.41) is 2.84. The van der Waals surface area contributed by atoms with Crippen LogP contribution >= 0.6 is 0 Å². The number of amides is 1. The summed E-state index contributed by atoms with van der Waals surface area (Å²) in [6.07, 6.45) is 5.06. The molecule has 1 amide bonds. The van der Waals surface area contributed by atoms with Crippen molar-refractivity contribution >= 4 is 17.2 Å². The molecule has 5 nitrogen and oxygen atoms in total. The van der Waals surface area contributed by atoms with E-state index in [-0.39, 0.29) is 5.91 Å². The summed E-state index contributed by atoms with van der Waals surface area (Å²) in [6, 6.07) is 23.0. The summed E-state index contributed by atoms with van der Waals surface area (Å²) >= 11 is 0. The van der Waals surface area contributed by atoms with Gasteiger partial charge in [0.05, 0.1) is 13.1 Å². The number of carbonyl (C=O) groups excluding carboxylic acids is 1. The highest BCUT2D eigenvalue weighted by atomic mass is 16.1. The maximum atomic E-state index is 12.1. The van der Waals surface area contributed by atoms with E-state index in [0.29, 0.717) is 13.1 Å². The quantitative estimate of drug-likeness (QED) is 0.454. The molecule has 0 bridgehead atoms. The fourth-order valence-corrected chi connectivity index (χ4v) is 4.05. The highest BCUT2D eigenvalue weighted by Gasteiger charge is 2.18. The van der Waals surface area contributed by atoms with E-state index in [2.05, 4.69) is 86.5 Å². The Labute approximate surface area is 202 Å². The number of hydrogen-bond donors (Lipinski definition) is 1. The van der Waals surface area contributed by atoms with Crippen molar-refractivity contribution in [2.45, 2.75) is 6.92 Å². The Hall–Kier alpha value is -3.88. The van der Waals surface area contributed by atoms with Gasteiger partial charge in [0.25, 0.3) is 0 Å². The lowest BCUT2D eigenvalue weighted by molar-refractivity contribution is -0.116. The van der Waals surface area contributed by atoms with Crippen LogP contribution in [0, 0.1) is 11.8 Å². The number of piperazine rings is 1. The monoisotopic (exact) mass is 450 g/mol. The molecule has 1 aromatic heterocycles.